The smallest absolute Gasteiger partial charge is 0.261 e. The van der Waals surface area contributed by atoms with Crippen LogP contribution in [-0.4, -0.2) is 44.5 Å². The Morgan fingerprint density at radius 2 is 2.05 bits per heavy atom. The molecule has 1 fully saturated rings. The number of rotatable bonds is 5. The molecule has 0 amide bonds. The van der Waals surface area contributed by atoms with Gasteiger partial charge in [0, 0.05) is 19.3 Å². The highest BCUT2D eigenvalue weighted by Gasteiger charge is 2.20. The van der Waals surface area contributed by atoms with Crippen molar-refractivity contribution in [3.63, 3.8) is 0 Å². The molecule has 19 heavy (non-hydrogen) atoms. The summed E-state index contributed by atoms with van der Waals surface area (Å²) in [6.45, 7) is 2.92. The van der Waals surface area contributed by atoms with Crippen molar-refractivity contribution in [2.45, 2.75) is 24.3 Å². The number of hydrogen-bond acceptors (Lipinski definition) is 4. The van der Waals surface area contributed by atoms with Crippen molar-refractivity contribution in [2.24, 2.45) is 0 Å². The van der Waals surface area contributed by atoms with Gasteiger partial charge in [-0.2, -0.15) is 0 Å². The van der Waals surface area contributed by atoms with E-state index in [-0.39, 0.29) is 6.54 Å². The second kappa shape index (κ2) is 6.40. The molecule has 1 aliphatic rings. The quantitative estimate of drug-likeness (QED) is 0.877. The van der Waals surface area contributed by atoms with Gasteiger partial charge in [-0.15, -0.1) is 0 Å². The maximum absolute atomic E-state index is 13.4. The second-order valence-corrected chi connectivity index (χ2v) is 6.27. The number of sulfonamides is 1. The van der Waals surface area contributed by atoms with Crippen LogP contribution in [0.1, 0.15) is 19.3 Å². The van der Waals surface area contributed by atoms with Gasteiger partial charge in [0.15, 0.2) is 5.82 Å². The van der Waals surface area contributed by atoms with Crippen LogP contribution in [0.3, 0.4) is 0 Å². The lowest BCUT2D eigenvalue weighted by Gasteiger charge is -2.26. The fourth-order valence-electron chi connectivity index (χ4n) is 2.16. The molecule has 7 heteroatoms. The first kappa shape index (κ1) is 14.4. The van der Waals surface area contributed by atoms with Crippen molar-refractivity contribution in [3.05, 3.63) is 24.1 Å². The van der Waals surface area contributed by atoms with Crippen LogP contribution in [0.2, 0.25) is 0 Å². The summed E-state index contributed by atoms with van der Waals surface area (Å²) in [4.78, 5) is 5.79. The molecule has 0 bridgehead atoms. The van der Waals surface area contributed by atoms with Crippen LogP contribution in [0.25, 0.3) is 0 Å². The molecule has 0 atom stereocenters. The zero-order chi connectivity index (χ0) is 13.7. The number of nitrogens with one attached hydrogen (secondary N) is 1. The first-order valence-corrected chi connectivity index (χ1v) is 7.90. The third-order valence-electron chi connectivity index (χ3n) is 3.15. The van der Waals surface area contributed by atoms with E-state index in [1.165, 1.54) is 18.7 Å². The molecular formula is C12H18FN3O2S. The standard InChI is InChI=1S/C12H18FN3O2S/c13-11-5-4-6-14-12(11)19(17,18)15-7-10-16-8-2-1-3-9-16/h4-6,15H,1-3,7-10H2. The van der Waals surface area contributed by atoms with E-state index in [1.54, 1.807) is 0 Å². The van der Waals surface area contributed by atoms with E-state index >= 15 is 0 Å². The predicted octanol–water partition coefficient (Wildman–Crippen LogP) is 0.985. The van der Waals surface area contributed by atoms with E-state index in [1.807, 2.05) is 0 Å². The summed E-state index contributed by atoms with van der Waals surface area (Å²) in [5, 5.41) is -0.534. The van der Waals surface area contributed by atoms with Gasteiger partial charge < -0.3 is 4.90 Å². The largest absolute Gasteiger partial charge is 0.302 e. The molecule has 1 aromatic rings. The fourth-order valence-corrected chi connectivity index (χ4v) is 3.18. The van der Waals surface area contributed by atoms with Gasteiger partial charge in [-0.3, -0.25) is 0 Å². The number of aromatic nitrogens is 1. The Bertz CT molecular complexity index is 515. The number of hydrogen-bond donors (Lipinski definition) is 1. The molecule has 0 aromatic carbocycles. The zero-order valence-electron chi connectivity index (χ0n) is 10.7. The van der Waals surface area contributed by atoms with Crippen LogP contribution >= 0.6 is 0 Å². The molecule has 0 saturated carbocycles. The number of pyridine rings is 1. The molecule has 0 unspecified atom stereocenters. The van der Waals surface area contributed by atoms with E-state index in [4.69, 9.17) is 0 Å². The summed E-state index contributed by atoms with van der Waals surface area (Å²) in [5.41, 5.74) is 0. The molecule has 1 N–H and O–H groups in total. The fraction of sp³-hybridized carbons (Fsp3) is 0.583. The number of piperidine rings is 1. The Kier molecular flexibility index (Phi) is 4.84. The van der Waals surface area contributed by atoms with Crippen molar-refractivity contribution in [1.29, 1.82) is 0 Å². The first-order valence-electron chi connectivity index (χ1n) is 6.42. The van der Waals surface area contributed by atoms with E-state index in [9.17, 15) is 12.8 Å². The molecule has 0 spiro atoms. The monoisotopic (exact) mass is 287 g/mol. The number of likely N-dealkylation sites (tertiary alicyclic amines) is 1. The molecule has 1 aromatic heterocycles. The maximum atomic E-state index is 13.4. The van der Waals surface area contributed by atoms with Crippen LogP contribution in [0.15, 0.2) is 23.4 Å². The van der Waals surface area contributed by atoms with Gasteiger partial charge in [0.05, 0.1) is 0 Å². The van der Waals surface area contributed by atoms with Gasteiger partial charge in [0.1, 0.15) is 0 Å². The van der Waals surface area contributed by atoms with Gasteiger partial charge in [-0.25, -0.2) is 22.5 Å². The average molecular weight is 287 g/mol. The molecule has 2 rings (SSSR count). The van der Waals surface area contributed by atoms with E-state index in [0.717, 1.165) is 32.0 Å². The van der Waals surface area contributed by atoms with Crippen molar-refractivity contribution < 1.29 is 12.8 Å². The molecule has 106 valence electrons. The molecule has 1 aliphatic heterocycles. The third kappa shape index (κ3) is 3.95. The molecular weight excluding hydrogens is 269 g/mol. The molecule has 2 heterocycles. The van der Waals surface area contributed by atoms with Crippen molar-refractivity contribution >= 4 is 10.0 Å². The highest BCUT2D eigenvalue weighted by molar-refractivity contribution is 7.89. The normalized spacial score (nSPS) is 17.5. The zero-order valence-corrected chi connectivity index (χ0v) is 11.5. The van der Waals surface area contributed by atoms with Crippen LogP contribution in [-0.2, 0) is 10.0 Å². The molecule has 0 radical (unpaired) electrons. The lowest BCUT2D eigenvalue weighted by atomic mass is 10.1. The van der Waals surface area contributed by atoms with Crippen molar-refractivity contribution in [3.8, 4) is 0 Å². The topological polar surface area (TPSA) is 62.3 Å². The summed E-state index contributed by atoms with van der Waals surface area (Å²) in [6.07, 6.45) is 4.81. The van der Waals surface area contributed by atoms with Gasteiger partial charge in [-0.1, -0.05) is 6.42 Å². The summed E-state index contributed by atoms with van der Waals surface area (Å²) >= 11 is 0. The first-order chi connectivity index (χ1) is 9.09. The number of halogens is 1. The minimum absolute atomic E-state index is 0.276. The van der Waals surface area contributed by atoms with Crippen molar-refractivity contribution in [2.75, 3.05) is 26.2 Å². The maximum Gasteiger partial charge on any atom is 0.261 e. The molecule has 5 nitrogen and oxygen atoms in total. The molecule has 1 saturated heterocycles. The summed E-state index contributed by atoms with van der Waals surface area (Å²) < 4.78 is 39.5. The Hall–Kier alpha value is -1.05. The Balaban J connectivity index is 1.89. The van der Waals surface area contributed by atoms with Crippen molar-refractivity contribution in [1.82, 2.24) is 14.6 Å². The predicted molar refractivity (Wildman–Crippen MR) is 69.7 cm³/mol. The SMILES string of the molecule is O=S(=O)(NCCN1CCCCC1)c1ncccc1F. The number of nitrogens with zero attached hydrogens (tertiary/aromatic N) is 2. The molecule has 0 aliphatic carbocycles. The highest BCUT2D eigenvalue weighted by atomic mass is 32.2. The third-order valence-corrected chi connectivity index (χ3v) is 4.54. The highest BCUT2D eigenvalue weighted by Crippen LogP contribution is 2.10. The van der Waals surface area contributed by atoms with Gasteiger partial charge in [0.25, 0.3) is 10.0 Å². The van der Waals surface area contributed by atoms with Crippen LogP contribution < -0.4 is 4.72 Å². The summed E-state index contributed by atoms with van der Waals surface area (Å²) in [5.74, 6) is -0.826. The van der Waals surface area contributed by atoms with Gasteiger partial charge in [0.2, 0.25) is 5.03 Å². The Labute approximate surface area is 112 Å². The lowest BCUT2D eigenvalue weighted by molar-refractivity contribution is 0.232. The average Bonchev–Trinajstić information content (AvgIpc) is 2.40. The summed E-state index contributed by atoms with van der Waals surface area (Å²) in [6, 6.07) is 2.45. The van der Waals surface area contributed by atoms with Crippen LogP contribution in [0.4, 0.5) is 4.39 Å². The Morgan fingerprint density at radius 1 is 1.32 bits per heavy atom. The minimum atomic E-state index is -3.85. The lowest BCUT2D eigenvalue weighted by Crippen LogP contribution is -2.38. The second-order valence-electron chi connectivity index (χ2n) is 4.59. The minimum Gasteiger partial charge on any atom is -0.302 e. The van der Waals surface area contributed by atoms with E-state index in [0.29, 0.717) is 6.54 Å². The summed E-state index contributed by atoms with van der Waals surface area (Å²) in [7, 11) is -3.85. The Morgan fingerprint density at radius 3 is 2.74 bits per heavy atom. The van der Waals surface area contributed by atoms with Crippen LogP contribution in [0.5, 0.6) is 0 Å². The van der Waals surface area contributed by atoms with Gasteiger partial charge in [-0.05, 0) is 38.1 Å². The van der Waals surface area contributed by atoms with Crippen LogP contribution in [0, 0.1) is 5.82 Å². The van der Waals surface area contributed by atoms with Gasteiger partial charge >= 0.3 is 0 Å². The van der Waals surface area contributed by atoms with E-state index in [2.05, 4.69) is 14.6 Å². The van der Waals surface area contributed by atoms with E-state index < -0.39 is 20.9 Å².